The highest BCUT2D eigenvalue weighted by molar-refractivity contribution is 5.96. The first-order valence-corrected chi connectivity index (χ1v) is 8.10. The van der Waals surface area contributed by atoms with Crippen molar-refractivity contribution >= 4 is 16.9 Å². The molecule has 0 N–H and O–H groups in total. The highest BCUT2D eigenvalue weighted by Gasteiger charge is 2.16. The zero-order chi connectivity index (χ0) is 18.7. The third-order valence-electron chi connectivity index (χ3n) is 4.07. The van der Waals surface area contributed by atoms with E-state index in [1.54, 1.807) is 32.1 Å². The summed E-state index contributed by atoms with van der Waals surface area (Å²) in [6, 6.07) is 14.1. The van der Waals surface area contributed by atoms with Crippen molar-refractivity contribution in [2.45, 2.75) is 13.8 Å². The number of ether oxygens (including phenoxy) is 2. The molecule has 0 radical (unpaired) electrons. The zero-order valence-electron chi connectivity index (χ0n) is 14.7. The number of hydrogen-bond acceptors (Lipinski definition) is 5. The third-order valence-corrected chi connectivity index (χ3v) is 4.07. The fourth-order valence-corrected chi connectivity index (χ4v) is 2.56. The summed E-state index contributed by atoms with van der Waals surface area (Å²) in [6.07, 6.45) is 1.67. The quantitative estimate of drug-likeness (QED) is 0.303. The molecule has 0 unspecified atom stereocenters. The van der Waals surface area contributed by atoms with Gasteiger partial charge in [0.25, 0.3) is 0 Å². The summed E-state index contributed by atoms with van der Waals surface area (Å²) >= 11 is 0. The molecule has 0 amide bonds. The predicted octanol–water partition coefficient (Wildman–Crippen LogP) is 4.34. The van der Waals surface area contributed by atoms with E-state index in [0.717, 1.165) is 5.56 Å². The Hall–Kier alpha value is -3.34. The van der Waals surface area contributed by atoms with Crippen LogP contribution in [0.25, 0.3) is 22.1 Å². The van der Waals surface area contributed by atoms with Crippen LogP contribution in [0.1, 0.15) is 13.8 Å². The van der Waals surface area contributed by atoms with E-state index < -0.39 is 11.6 Å². The molecule has 132 valence electrons. The van der Waals surface area contributed by atoms with Gasteiger partial charge in [-0.2, -0.15) is 0 Å². The third kappa shape index (κ3) is 3.37. The van der Waals surface area contributed by atoms with Gasteiger partial charge in [0.2, 0.25) is 0 Å². The molecular weight excluding hydrogens is 332 g/mol. The average Bonchev–Trinajstić information content (AvgIpc) is 2.67. The Morgan fingerprint density at radius 3 is 2.46 bits per heavy atom. The maximum Gasteiger partial charge on any atom is 0.338 e. The highest BCUT2D eigenvalue weighted by Crippen LogP contribution is 2.36. The first kappa shape index (κ1) is 17.5. The van der Waals surface area contributed by atoms with Crippen molar-refractivity contribution in [3.8, 4) is 22.6 Å². The number of hydrogen-bond donors (Lipinski definition) is 0. The molecule has 0 saturated carbocycles. The van der Waals surface area contributed by atoms with E-state index in [9.17, 15) is 9.59 Å². The van der Waals surface area contributed by atoms with Crippen molar-refractivity contribution < 1.29 is 18.7 Å². The van der Waals surface area contributed by atoms with Gasteiger partial charge < -0.3 is 13.9 Å². The summed E-state index contributed by atoms with van der Waals surface area (Å²) in [5.74, 6) is 0.101. The smallest absolute Gasteiger partial charge is 0.338 e. The van der Waals surface area contributed by atoms with Crippen molar-refractivity contribution in [1.82, 2.24) is 0 Å². The van der Waals surface area contributed by atoms with Crippen molar-refractivity contribution in [2.75, 3.05) is 7.11 Å². The van der Waals surface area contributed by atoms with Crippen LogP contribution in [0.15, 0.2) is 69.4 Å². The molecule has 0 atom stereocenters. The molecule has 1 heterocycles. The van der Waals surface area contributed by atoms with Crippen molar-refractivity contribution in [3.05, 3.63) is 70.6 Å². The van der Waals surface area contributed by atoms with Gasteiger partial charge in [-0.3, -0.25) is 0 Å². The molecule has 0 aliphatic heterocycles. The van der Waals surface area contributed by atoms with Gasteiger partial charge in [0.1, 0.15) is 5.58 Å². The average molecular weight is 350 g/mol. The minimum atomic E-state index is -0.469. The molecule has 0 aliphatic carbocycles. The summed E-state index contributed by atoms with van der Waals surface area (Å²) in [7, 11) is 1.46. The largest absolute Gasteiger partial charge is 0.493 e. The lowest BCUT2D eigenvalue weighted by Crippen LogP contribution is -2.10. The molecule has 0 bridgehead atoms. The summed E-state index contributed by atoms with van der Waals surface area (Å²) in [4.78, 5) is 24.1. The fraction of sp³-hybridized carbons (Fsp3) is 0.143. The number of methoxy groups -OCH3 is 1. The Morgan fingerprint density at radius 2 is 1.81 bits per heavy atom. The molecule has 0 saturated heterocycles. The van der Waals surface area contributed by atoms with Gasteiger partial charge >= 0.3 is 11.6 Å². The molecule has 2 aromatic carbocycles. The number of rotatable bonds is 4. The standard InChI is InChI=1S/C21H18O5/c1-4-13(2)21(23)26-19-10-16-15(14-8-6-5-7-9-14)11-20(22)25-17(16)12-18(19)24-3/h4-12H,1-3H3/b13-4+. The van der Waals surface area contributed by atoms with Crippen molar-refractivity contribution in [1.29, 1.82) is 0 Å². The van der Waals surface area contributed by atoms with Gasteiger partial charge in [-0.25, -0.2) is 9.59 Å². The van der Waals surface area contributed by atoms with Gasteiger partial charge in [0.15, 0.2) is 11.5 Å². The van der Waals surface area contributed by atoms with Crippen LogP contribution in [0.4, 0.5) is 0 Å². The van der Waals surface area contributed by atoms with E-state index in [2.05, 4.69) is 0 Å². The molecule has 3 rings (SSSR count). The second kappa shape index (κ2) is 7.27. The maximum atomic E-state index is 12.1. The molecular formula is C21H18O5. The van der Waals surface area contributed by atoms with Gasteiger partial charge in [-0.15, -0.1) is 0 Å². The molecule has 0 fully saturated rings. The Balaban J connectivity index is 2.23. The van der Waals surface area contributed by atoms with Crippen LogP contribution >= 0.6 is 0 Å². The maximum absolute atomic E-state index is 12.1. The minimum Gasteiger partial charge on any atom is -0.493 e. The lowest BCUT2D eigenvalue weighted by atomic mass is 10.0. The van der Waals surface area contributed by atoms with E-state index in [0.29, 0.717) is 27.9 Å². The number of esters is 1. The second-order valence-electron chi connectivity index (χ2n) is 5.71. The molecule has 3 aromatic rings. The van der Waals surface area contributed by atoms with Crippen LogP contribution in [0.5, 0.6) is 11.5 Å². The molecule has 1 aromatic heterocycles. The topological polar surface area (TPSA) is 65.7 Å². The second-order valence-corrected chi connectivity index (χ2v) is 5.71. The molecule has 5 nitrogen and oxygen atoms in total. The Bertz CT molecular complexity index is 1050. The lowest BCUT2D eigenvalue weighted by Gasteiger charge is -2.12. The number of fused-ring (bicyclic) bond motifs is 1. The Labute approximate surface area is 150 Å². The van der Waals surface area contributed by atoms with Crippen LogP contribution in [0, 0.1) is 0 Å². The fourth-order valence-electron chi connectivity index (χ4n) is 2.56. The van der Waals surface area contributed by atoms with Gasteiger partial charge in [-0.05, 0) is 31.0 Å². The molecule has 5 heteroatoms. The highest BCUT2D eigenvalue weighted by atomic mass is 16.6. The molecule has 0 spiro atoms. The first-order chi connectivity index (χ1) is 12.5. The van der Waals surface area contributed by atoms with E-state index in [-0.39, 0.29) is 5.75 Å². The van der Waals surface area contributed by atoms with Crippen LogP contribution in [-0.4, -0.2) is 13.1 Å². The SMILES string of the molecule is C/C=C(\C)C(=O)Oc1cc2c(-c3ccccc3)cc(=O)oc2cc1OC. The Morgan fingerprint density at radius 1 is 1.08 bits per heavy atom. The van der Waals surface area contributed by atoms with Crippen LogP contribution in [0.2, 0.25) is 0 Å². The van der Waals surface area contributed by atoms with Crippen molar-refractivity contribution in [2.24, 2.45) is 0 Å². The normalized spacial score (nSPS) is 11.4. The summed E-state index contributed by atoms with van der Waals surface area (Å²) in [5.41, 5.74) is 1.93. The van der Waals surface area contributed by atoms with E-state index >= 15 is 0 Å². The van der Waals surface area contributed by atoms with Crippen LogP contribution in [0.3, 0.4) is 0 Å². The van der Waals surface area contributed by atoms with Crippen LogP contribution in [-0.2, 0) is 4.79 Å². The molecule has 26 heavy (non-hydrogen) atoms. The predicted molar refractivity (Wildman–Crippen MR) is 99.5 cm³/mol. The number of carbonyl (C=O) groups excluding carboxylic acids is 1. The Kier molecular flexibility index (Phi) is 4.89. The van der Waals surface area contributed by atoms with E-state index in [1.807, 2.05) is 30.3 Å². The minimum absolute atomic E-state index is 0.261. The first-order valence-electron chi connectivity index (χ1n) is 8.10. The van der Waals surface area contributed by atoms with Crippen molar-refractivity contribution in [3.63, 3.8) is 0 Å². The summed E-state index contributed by atoms with van der Waals surface area (Å²) < 4.78 is 16.1. The number of carbonyl (C=O) groups is 1. The summed E-state index contributed by atoms with van der Waals surface area (Å²) in [5, 5.41) is 0.650. The van der Waals surface area contributed by atoms with Crippen LogP contribution < -0.4 is 15.1 Å². The zero-order valence-corrected chi connectivity index (χ0v) is 14.7. The summed E-state index contributed by atoms with van der Waals surface area (Å²) in [6.45, 7) is 3.43. The lowest BCUT2D eigenvalue weighted by molar-refractivity contribution is -0.130. The number of benzene rings is 2. The van der Waals surface area contributed by atoms with E-state index in [4.69, 9.17) is 13.9 Å². The van der Waals surface area contributed by atoms with E-state index in [1.165, 1.54) is 13.2 Å². The monoisotopic (exact) mass is 350 g/mol. The van der Waals surface area contributed by atoms with Gasteiger partial charge in [0.05, 0.1) is 7.11 Å². The number of allylic oxidation sites excluding steroid dienone is 1. The molecule has 0 aliphatic rings. The van der Waals surface area contributed by atoms with Gasteiger partial charge in [-0.1, -0.05) is 36.4 Å². The van der Waals surface area contributed by atoms with Gasteiger partial charge in [0, 0.05) is 23.1 Å².